The van der Waals surface area contributed by atoms with Crippen LogP contribution in [0.5, 0.6) is 0 Å². The summed E-state index contributed by atoms with van der Waals surface area (Å²) in [6.45, 7) is 1.45. The van der Waals surface area contributed by atoms with Crippen molar-refractivity contribution in [2.75, 3.05) is 18.0 Å². The lowest BCUT2D eigenvalue weighted by atomic mass is 9.93. The molecule has 1 unspecified atom stereocenters. The first-order valence-electron chi connectivity index (χ1n) is 6.88. The van der Waals surface area contributed by atoms with E-state index in [1.165, 1.54) is 6.07 Å². The largest absolute Gasteiger partial charge is 0.481 e. The van der Waals surface area contributed by atoms with Crippen LogP contribution in [0.3, 0.4) is 0 Å². The highest BCUT2D eigenvalue weighted by molar-refractivity contribution is 9.10. The molecule has 1 aliphatic heterocycles. The third-order valence-corrected chi connectivity index (χ3v) is 4.25. The minimum absolute atomic E-state index is 0.0864. The number of nitro benzene ring substituents is 1. The van der Waals surface area contributed by atoms with E-state index in [9.17, 15) is 14.9 Å². The van der Waals surface area contributed by atoms with Gasteiger partial charge in [0.15, 0.2) is 0 Å². The Kier molecular flexibility index (Phi) is 5.17. The summed E-state index contributed by atoms with van der Waals surface area (Å²) in [6, 6.07) is 5.06. The highest BCUT2D eigenvalue weighted by atomic mass is 79.9. The highest BCUT2D eigenvalue weighted by Crippen LogP contribution is 2.34. The Balaban J connectivity index is 2.14. The van der Waals surface area contributed by atoms with Gasteiger partial charge in [-0.1, -0.05) is 15.9 Å². The third-order valence-electron chi connectivity index (χ3n) is 3.76. The van der Waals surface area contributed by atoms with Crippen molar-refractivity contribution >= 4 is 33.3 Å². The van der Waals surface area contributed by atoms with Crippen LogP contribution in [-0.2, 0) is 4.79 Å². The van der Waals surface area contributed by atoms with Gasteiger partial charge in [0, 0.05) is 30.0 Å². The number of benzene rings is 1. The van der Waals surface area contributed by atoms with Gasteiger partial charge in [-0.05, 0) is 37.3 Å². The van der Waals surface area contributed by atoms with Gasteiger partial charge in [-0.25, -0.2) is 0 Å². The molecular formula is C14H17BrN2O4. The molecule has 0 amide bonds. The molecule has 1 aromatic rings. The van der Waals surface area contributed by atoms with Crippen LogP contribution in [0.2, 0.25) is 0 Å². The number of piperidine rings is 1. The number of anilines is 1. The summed E-state index contributed by atoms with van der Waals surface area (Å²) in [4.78, 5) is 23.5. The van der Waals surface area contributed by atoms with Crippen LogP contribution < -0.4 is 4.90 Å². The van der Waals surface area contributed by atoms with Crippen molar-refractivity contribution < 1.29 is 14.8 Å². The number of hydrogen-bond acceptors (Lipinski definition) is 4. The van der Waals surface area contributed by atoms with E-state index in [1.54, 1.807) is 12.1 Å². The Bertz CT molecular complexity index is 550. The second kappa shape index (κ2) is 6.89. The number of nitro groups is 1. The fraction of sp³-hybridized carbons (Fsp3) is 0.500. The number of carboxylic acids is 1. The number of carboxylic acid groups (broad SMARTS) is 1. The Hall–Kier alpha value is -1.63. The minimum atomic E-state index is -0.790. The van der Waals surface area contributed by atoms with Gasteiger partial charge in [0.05, 0.1) is 4.92 Å². The van der Waals surface area contributed by atoms with Crippen molar-refractivity contribution in [1.82, 2.24) is 0 Å². The average Bonchev–Trinajstić information content (AvgIpc) is 2.45. The van der Waals surface area contributed by atoms with Gasteiger partial charge < -0.3 is 10.0 Å². The first-order valence-corrected chi connectivity index (χ1v) is 7.67. The molecule has 21 heavy (non-hydrogen) atoms. The Morgan fingerprint density at radius 2 is 2.29 bits per heavy atom. The summed E-state index contributed by atoms with van der Waals surface area (Å²) in [5.41, 5.74) is 0.700. The zero-order valence-corrected chi connectivity index (χ0v) is 13.1. The standard InChI is InChI=1S/C14H17BrN2O4/c15-11-4-5-12(13(8-11)17(20)21)16-7-1-2-10(9-16)3-6-14(18)19/h4-5,8,10H,1-3,6-7,9H2,(H,18,19). The molecule has 0 saturated carbocycles. The Morgan fingerprint density at radius 3 is 2.95 bits per heavy atom. The van der Waals surface area contributed by atoms with Crippen molar-refractivity contribution in [1.29, 1.82) is 0 Å². The molecule has 0 aliphatic carbocycles. The number of carbonyl (C=O) groups is 1. The van der Waals surface area contributed by atoms with E-state index in [1.807, 2.05) is 4.90 Å². The molecular weight excluding hydrogens is 340 g/mol. The first kappa shape index (κ1) is 15.8. The molecule has 6 nitrogen and oxygen atoms in total. The lowest BCUT2D eigenvalue weighted by molar-refractivity contribution is -0.384. The minimum Gasteiger partial charge on any atom is -0.481 e. The molecule has 2 rings (SSSR count). The molecule has 1 heterocycles. The molecule has 0 spiro atoms. The number of hydrogen-bond donors (Lipinski definition) is 1. The normalized spacial score (nSPS) is 18.5. The summed E-state index contributed by atoms with van der Waals surface area (Å²) < 4.78 is 0.678. The van der Waals surface area contributed by atoms with Crippen LogP contribution in [0.25, 0.3) is 0 Å². The molecule has 0 bridgehead atoms. The van der Waals surface area contributed by atoms with Crippen LogP contribution in [0, 0.1) is 16.0 Å². The van der Waals surface area contributed by atoms with Crippen LogP contribution in [0.1, 0.15) is 25.7 Å². The van der Waals surface area contributed by atoms with Crippen LogP contribution >= 0.6 is 15.9 Å². The molecule has 1 atom stereocenters. The van der Waals surface area contributed by atoms with Gasteiger partial charge in [-0.2, -0.15) is 0 Å². The quantitative estimate of drug-likeness (QED) is 0.645. The summed E-state index contributed by atoms with van der Waals surface area (Å²) in [5.74, 6) is -0.514. The van der Waals surface area contributed by atoms with E-state index in [-0.39, 0.29) is 22.9 Å². The van der Waals surface area contributed by atoms with Crippen molar-refractivity contribution in [2.45, 2.75) is 25.7 Å². The van der Waals surface area contributed by atoms with Crippen LogP contribution in [0.15, 0.2) is 22.7 Å². The second-order valence-corrected chi connectivity index (χ2v) is 6.19. The van der Waals surface area contributed by atoms with Crippen LogP contribution in [0.4, 0.5) is 11.4 Å². The molecule has 1 saturated heterocycles. The predicted octanol–water partition coefficient (Wildman–Crippen LogP) is 3.44. The maximum atomic E-state index is 11.2. The number of rotatable bonds is 5. The summed E-state index contributed by atoms with van der Waals surface area (Å²) in [6.07, 6.45) is 2.68. The zero-order valence-electron chi connectivity index (χ0n) is 11.5. The average molecular weight is 357 g/mol. The topological polar surface area (TPSA) is 83.7 Å². The van der Waals surface area contributed by atoms with Crippen molar-refractivity contribution in [2.24, 2.45) is 5.92 Å². The van der Waals surface area contributed by atoms with E-state index in [4.69, 9.17) is 5.11 Å². The second-order valence-electron chi connectivity index (χ2n) is 5.28. The van der Waals surface area contributed by atoms with Gasteiger partial charge >= 0.3 is 5.97 Å². The maximum Gasteiger partial charge on any atom is 0.303 e. The molecule has 0 radical (unpaired) electrons. The first-order chi connectivity index (χ1) is 9.97. The smallest absolute Gasteiger partial charge is 0.303 e. The van der Waals surface area contributed by atoms with Crippen molar-refractivity contribution in [3.63, 3.8) is 0 Å². The zero-order chi connectivity index (χ0) is 15.4. The molecule has 7 heteroatoms. The number of aliphatic carboxylic acids is 1. The number of nitrogens with zero attached hydrogens (tertiary/aromatic N) is 2. The van der Waals surface area contributed by atoms with Gasteiger partial charge in [-0.3, -0.25) is 14.9 Å². The molecule has 1 N–H and O–H groups in total. The molecule has 114 valence electrons. The van der Waals surface area contributed by atoms with E-state index in [2.05, 4.69) is 15.9 Å². The Labute approximate surface area is 131 Å². The summed E-state index contributed by atoms with van der Waals surface area (Å²) >= 11 is 3.25. The monoisotopic (exact) mass is 356 g/mol. The fourth-order valence-corrected chi connectivity index (χ4v) is 3.11. The molecule has 0 aromatic heterocycles. The molecule has 1 aliphatic rings. The lowest BCUT2D eigenvalue weighted by Gasteiger charge is -2.34. The number of halogens is 1. The van der Waals surface area contributed by atoms with Gasteiger partial charge in [0.2, 0.25) is 0 Å². The lowest BCUT2D eigenvalue weighted by Crippen LogP contribution is -2.36. The molecule has 1 aromatic carbocycles. The van der Waals surface area contributed by atoms with Gasteiger partial charge in [0.1, 0.15) is 5.69 Å². The van der Waals surface area contributed by atoms with E-state index in [0.717, 1.165) is 19.4 Å². The predicted molar refractivity (Wildman–Crippen MR) is 82.6 cm³/mol. The summed E-state index contributed by atoms with van der Waals surface area (Å²) in [7, 11) is 0. The van der Waals surface area contributed by atoms with Gasteiger partial charge in [-0.15, -0.1) is 0 Å². The Morgan fingerprint density at radius 1 is 1.52 bits per heavy atom. The van der Waals surface area contributed by atoms with E-state index < -0.39 is 5.97 Å². The van der Waals surface area contributed by atoms with Gasteiger partial charge in [0.25, 0.3) is 5.69 Å². The third kappa shape index (κ3) is 4.17. The highest BCUT2D eigenvalue weighted by Gasteiger charge is 2.25. The molecule has 1 fully saturated rings. The van der Waals surface area contributed by atoms with E-state index in [0.29, 0.717) is 23.1 Å². The summed E-state index contributed by atoms with van der Waals surface area (Å²) in [5, 5.41) is 20.0. The fourth-order valence-electron chi connectivity index (χ4n) is 2.76. The van der Waals surface area contributed by atoms with Crippen molar-refractivity contribution in [3.8, 4) is 0 Å². The van der Waals surface area contributed by atoms with Crippen molar-refractivity contribution in [3.05, 3.63) is 32.8 Å². The van der Waals surface area contributed by atoms with Crippen LogP contribution in [-0.4, -0.2) is 29.1 Å². The SMILES string of the molecule is O=C(O)CCC1CCCN(c2ccc(Br)cc2[N+](=O)[O-])C1. The maximum absolute atomic E-state index is 11.2. The van der Waals surface area contributed by atoms with E-state index >= 15 is 0 Å².